The van der Waals surface area contributed by atoms with Gasteiger partial charge < -0.3 is 0 Å². The SMILES string of the molecule is N#Cc1nc2c(nc1-n1c3ccccc3c3ccccc31)C1CC3CC2CC1C3. The van der Waals surface area contributed by atoms with Gasteiger partial charge >= 0.3 is 0 Å². The van der Waals surface area contributed by atoms with Crippen LogP contribution < -0.4 is 0 Å². The second kappa shape index (κ2) is 5.45. The third-order valence-corrected chi connectivity index (χ3v) is 7.57. The highest BCUT2D eigenvalue weighted by Crippen LogP contribution is 2.59. The van der Waals surface area contributed by atoms with Crippen molar-refractivity contribution in [1.29, 1.82) is 5.26 Å². The summed E-state index contributed by atoms with van der Waals surface area (Å²) in [5.74, 6) is 3.31. The number of fused-ring (bicyclic) bond motifs is 8. The van der Waals surface area contributed by atoms with Crippen LogP contribution in [-0.2, 0) is 0 Å². The lowest BCUT2D eigenvalue weighted by molar-refractivity contribution is 0.288. The van der Waals surface area contributed by atoms with Crippen LogP contribution in [0, 0.1) is 23.2 Å². The van der Waals surface area contributed by atoms with Crippen molar-refractivity contribution >= 4 is 21.8 Å². The van der Waals surface area contributed by atoms with Crippen LogP contribution in [0.25, 0.3) is 27.6 Å². The number of nitrogens with zero attached hydrogens (tertiary/aromatic N) is 4. The van der Waals surface area contributed by atoms with Gasteiger partial charge in [-0.2, -0.15) is 5.26 Å². The lowest BCUT2D eigenvalue weighted by Gasteiger charge is -2.34. The van der Waals surface area contributed by atoms with E-state index in [1.54, 1.807) is 0 Å². The second-order valence-corrected chi connectivity index (χ2v) is 9.02. The van der Waals surface area contributed by atoms with Gasteiger partial charge in [0.2, 0.25) is 0 Å². The van der Waals surface area contributed by atoms with Crippen molar-refractivity contribution in [3.63, 3.8) is 0 Å². The summed E-state index contributed by atoms with van der Waals surface area (Å²) in [4.78, 5) is 10.2. The number of nitriles is 1. The van der Waals surface area contributed by atoms with E-state index >= 15 is 0 Å². The first kappa shape index (κ1) is 15.7. The highest BCUT2D eigenvalue weighted by Gasteiger charge is 2.49. The first-order chi connectivity index (χ1) is 14.3. The molecule has 0 radical (unpaired) electrons. The summed E-state index contributed by atoms with van der Waals surface area (Å²) in [6.45, 7) is 0. The van der Waals surface area contributed by atoms with Crippen LogP contribution in [0.5, 0.6) is 0 Å². The van der Waals surface area contributed by atoms with Crippen molar-refractivity contribution in [2.75, 3.05) is 0 Å². The molecular formula is C25H20N4. The molecule has 2 aromatic carbocycles. The van der Waals surface area contributed by atoms with Gasteiger partial charge in [0.05, 0.1) is 22.4 Å². The van der Waals surface area contributed by atoms with Gasteiger partial charge in [-0.1, -0.05) is 36.4 Å². The molecule has 3 aliphatic carbocycles. The topological polar surface area (TPSA) is 54.5 Å². The molecule has 2 saturated carbocycles. The van der Waals surface area contributed by atoms with E-state index in [4.69, 9.17) is 9.97 Å². The van der Waals surface area contributed by atoms with Gasteiger partial charge in [0.15, 0.2) is 11.5 Å². The van der Waals surface area contributed by atoms with Crippen LogP contribution in [0.1, 0.15) is 54.6 Å². The van der Waals surface area contributed by atoms with E-state index in [9.17, 15) is 5.26 Å². The van der Waals surface area contributed by atoms with Crippen molar-refractivity contribution in [3.8, 4) is 11.9 Å². The molecule has 4 nitrogen and oxygen atoms in total. The largest absolute Gasteiger partial charge is 0.291 e. The molecule has 29 heavy (non-hydrogen) atoms. The first-order valence-electron chi connectivity index (χ1n) is 10.6. The minimum absolute atomic E-state index is 0.455. The Labute approximate surface area is 168 Å². The standard InChI is InChI=1S/C25H20N4/c26-13-20-25(28-24-19-11-14-9-15(19)12-16(10-14)23(24)27-20)29-21-7-3-1-5-17(21)18-6-2-4-8-22(18)29/h1-8,14-16,19H,9-12H2. The van der Waals surface area contributed by atoms with E-state index in [-0.39, 0.29) is 0 Å². The Hall–Kier alpha value is -3.19. The summed E-state index contributed by atoms with van der Waals surface area (Å²) in [6, 6.07) is 19.1. The monoisotopic (exact) mass is 376 g/mol. The van der Waals surface area contributed by atoms with E-state index in [1.807, 2.05) is 0 Å². The Morgan fingerprint density at radius 2 is 1.55 bits per heavy atom. The predicted octanol–water partition coefficient (Wildman–Crippen LogP) is 5.45. The lowest BCUT2D eigenvalue weighted by Crippen LogP contribution is -2.26. The molecule has 3 bridgehead atoms. The molecule has 4 aromatic rings. The molecule has 3 aliphatic rings. The number of para-hydroxylation sites is 2. The van der Waals surface area contributed by atoms with Crippen molar-refractivity contribution < 1.29 is 0 Å². The minimum Gasteiger partial charge on any atom is -0.291 e. The van der Waals surface area contributed by atoms with Gasteiger partial charge in [-0.25, -0.2) is 9.97 Å². The zero-order chi connectivity index (χ0) is 19.1. The number of hydrogen-bond acceptors (Lipinski definition) is 3. The summed E-state index contributed by atoms with van der Waals surface area (Å²) in [6.07, 6.45) is 5.07. The van der Waals surface area contributed by atoms with Crippen LogP contribution >= 0.6 is 0 Å². The quantitative estimate of drug-likeness (QED) is 0.444. The molecule has 0 spiro atoms. The normalized spacial score (nSPS) is 26.7. The van der Waals surface area contributed by atoms with Gasteiger partial charge in [0.25, 0.3) is 0 Å². The third kappa shape index (κ3) is 1.98. The van der Waals surface area contributed by atoms with Crippen molar-refractivity contribution in [2.24, 2.45) is 11.8 Å². The first-order valence-corrected chi connectivity index (χ1v) is 10.6. The smallest absolute Gasteiger partial charge is 0.184 e. The van der Waals surface area contributed by atoms with Crippen LogP contribution in [0.4, 0.5) is 0 Å². The molecule has 4 atom stereocenters. The van der Waals surface area contributed by atoms with Gasteiger partial charge in [0.1, 0.15) is 6.07 Å². The number of rotatable bonds is 1. The van der Waals surface area contributed by atoms with Gasteiger partial charge in [-0.05, 0) is 49.7 Å². The van der Waals surface area contributed by atoms with Crippen LogP contribution in [-0.4, -0.2) is 14.5 Å². The molecule has 4 heteroatoms. The molecular weight excluding hydrogens is 356 g/mol. The maximum Gasteiger partial charge on any atom is 0.184 e. The van der Waals surface area contributed by atoms with Gasteiger partial charge in [-0.15, -0.1) is 0 Å². The number of aromatic nitrogens is 3. The second-order valence-electron chi connectivity index (χ2n) is 9.02. The van der Waals surface area contributed by atoms with Crippen molar-refractivity contribution in [3.05, 3.63) is 65.6 Å². The zero-order valence-corrected chi connectivity index (χ0v) is 16.0. The fourth-order valence-corrected chi connectivity index (χ4v) is 6.52. The molecule has 0 aliphatic heterocycles. The molecule has 0 saturated heterocycles. The number of benzene rings is 2. The Bertz CT molecular complexity index is 1300. The highest BCUT2D eigenvalue weighted by molar-refractivity contribution is 6.09. The van der Waals surface area contributed by atoms with E-state index in [1.165, 1.54) is 42.1 Å². The maximum atomic E-state index is 10.00. The van der Waals surface area contributed by atoms with Gasteiger partial charge in [0, 0.05) is 22.6 Å². The summed E-state index contributed by atoms with van der Waals surface area (Å²) >= 11 is 0. The molecule has 2 aromatic heterocycles. The molecule has 2 heterocycles. The Kier molecular flexibility index (Phi) is 2.95. The predicted molar refractivity (Wildman–Crippen MR) is 112 cm³/mol. The molecule has 7 rings (SSSR count). The summed E-state index contributed by atoms with van der Waals surface area (Å²) in [5.41, 5.74) is 4.93. The highest BCUT2D eigenvalue weighted by atomic mass is 15.1. The minimum atomic E-state index is 0.455. The van der Waals surface area contributed by atoms with E-state index in [2.05, 4.69) is 59.2 Å². The van der Waals surface area contributed by atoms with E-state index in [0.717, 1.165) is 28.6 Å². The van der Waals surface area contributed by atoms with Gasteiger partial charge in [-0.3, -0.25) is 4.57 Å². The summed E-state index contributed by atoms with van der Waals surface area (Å²) in [5, 5.41) is 12.4. The molecule has 0 N–H and O–H groups in total. The molecule has 4 unspecified atom stereocenters. The van der Waals surface area contributed by atoms with Crippen molar-refractivity contribution in [2.45, 2.75) is 37.5 Å². The molecule has 0 amide bonds. The fourth-order valence-electron chi connectivity index (χ4n) is 6.52. The fraction of sp³-hybridized carbons (Fsp3) is 0.320. The average molecular weight is 376 g/mol. The summed E-state index contributed by atoms with van der Waals surface area (Å²) < 4.78 is 2.15. The van der Waals surface area contributed by atoms with E-state index in [0.29, 0.717) is 23.3 Å². The number of hydrogen-bond donors (Lipinski definition) is 0. The Morgan fingerprint density at radius 1 is 0.828 bits per heavy atom. The third-order valence-electron chi connectivity index (χ3n) is 7.57. The van der Waals surface area contributed by atoms with Crippen LogP contribution in [0.3, 0.4) is 0 Å². The lowest BCUT2D eigenvalue weighted by atomic mass is 9.72. The Morgan fingerprint density at radius 3 is 2.28 bits per heavy atom. The average Bonchev–Trinajstić information content (AvgIpc) is 3.22. The summed E-state index contributed by atoms with van der Waals surface area (Å²) in [7, 11) is 0. The van der Waals surface area contributed by atoms with Crippen LogP contribution in [0.2, 0.25) is 0 Å². The van der Waals surface area contributed by atoms with Crippen LogP contribution in [0.15, 0.2) is 48.5 Å². The maximum absolute atomic E-state index is 10.00. The zero-order valence-electron chi connectivity index (χ0n) is 16.0. The molecule has 140 valence electrons. The Balaban J connectivity index is 1.57. The van der Waals surface area contributed by atoms with E-state index < -0.39 is 0 Å². The van der Waals surface area contributed by atoms with Crippen molar-refractivity contribution in [1.82, 2.24) is 14.5 Å². The molecule has 2 fully saturated rings.